The van der Waals surface area contributed by atoms with Crippen molar-refractivity contribution in [3.05, 3.63) is 59.2 Å². The Bertz CT molecular complexity index is 937. The highest BCUT2D eigenvalue weighted by molar-refractivity contribution is 7.89. The lowest BCUT2D eigenvalue weighted by Crippen LogP contribution is -2.37. The van der Waals surface area contributed by atoms with E-state index in [1.165, 1.54) is 21.9 Å². The van der Waals surface area contributed by atoms with Gasteiger partial charge in [-0.3, -0.25) is 0 Å². The van der Waals surface area contributed by atoms with Crippen LogP contribution < -0.4 is 4.90 Å². The van der Waals surface area contributed by atoms with Crippen LogP contribution >= 0.6 is 0 Å². The number of benzene rings is 2. The number of fused-ring (bicyclic) bond motifs is 1. The van der Waals surface area contributed by atoms with Gasteiger partial charge in [0.25, 0.3) is 0 Å². The summed E-state index contributed by atoms with van der Waals surface area (Å²) >= 11 is 0. The quantitative estimate of drug-likeness (QED) is 0.773. The van der Waals surface area contributed by atoms with Crippen LogP contribution in [-0.4, -0.2) is 46.1 Å². The van der Waals surface area contributed by atoms with E-state index in [-0.39, 0.29) is 0 Å². The Kier molecular flexibility index (Phi) is 5.71. The first-order valence-corrected chi connectivity index (χ1v) is 11.5. The third-order valence-electron chi connectivity index (χ3n) is 5.76. The van der Waals surface area contributed by atoms with Crippen molar-refractivity contribution in [1.29, 1.82) is 0 Å². The molecule has 0 N–H and O–H groups in total. The van der Waals surface area contributed by atoms with E-state index in [0.717, 1.165) is 43.6 Å². The molecule has 1 fully saturated rings. The van der Waals surface area contributed by atoms with Gasteiger partial charge in [-0.05, 0) is 60.6 Å². The summed E-state index contributed by atoms with van der Waals surface area (Å²) in [4.78, 5) is 2.68. The van der Waals surface area contributed by atoms with Gasteiger partial charge in [0.15, 0.2) is 0 Å². The van der Waals surface area contributed by atoms with Crippen LogP contribution in [0.3, 0.4) is 0 Å². The molecule has 150 valence electrons. The van der Waals surface area contributed by atoms with Gasteiger partial charge in [0.1, 0.15) is 0 Å². The van der Waals surface area contributed by atoms with E-state index in [0.29, 0.717) is 24.7 Å². The standard InChI is InChI=1S/C22H28N2O3S/c1-23(17-20-8-4-5-9-22(20)24-12-14-27-15-13-24)28(25,26)21-11-10-18-6-2-3-7-19(18)16-21/h4-5,8-11,16H,2-3,6-7,12-15,17H2,1H3. The van der Waals surface area contributed by atoms with Crippen LogP contribution in [0.4, 0.5) is 5.69 Å². The lowest BCUT2D eigenvalue weighted by molar-refractivity contribution is 0.122. The summed E-state index contributed by atoms with van der Waals surface area (Å²) in [6.07, 6.45) is 4.36. The van der Waals surface area contributed by atoms with Gasteiger partial charge < -0.3 is 9.64 Å². The molecule has 0 bridgehead atoms. The average Bonchev–Trinajstić information content (AvgIpc) is 2.74. The first kappa shape index (κ1) is 19.4. The van der Waals surface area contributed by atoms with E-state index in [4.69, 9.17) is 4.74 Å². The number of nitrogens with zero attached hydrogens (tertiary/aromatic N) is 2. The molecule has 0 atom stereocenters. The number of morpholine rings is 1. The van der Waals surface area contributed by atoms with Crippen LogP contribution in [0.2, 0.25) is 0 Å². The highest BCUT2D eigenvalue weighted by atomic mass is 32.2. The maximum atomic E-state index is 13.2. The van der Waals surface area contributed by atoms with E-state index in [9.17, 15) is 8.42 Å². The first-order valence-electron chi connectivity index (χ1n) is 10.0. The van der Waals surface area contributed by atoms with E-state index < -0.39 is 10.0 Å². The van der Waals surface area contributed by atoms with Crippen molar-refractivity contribution in [3.8, 4) is 0 Å². The number of hydrogen-bond donors (Lipinski definition) is 0. The molecule has 6 heteroatoms. The molecule has 1 saturated heterocycles. The molecule has 2 aliphatic rings. The predicted octanol–water partition coefficient (Wildman–Crippen LogP) is 3.22. The molecule has 1 heterocycles. The second kappa shape index (κ2) is 8.23. The SMILES string of the molecule is CN(Cc1ccccc1N1CCOCC1)S(=O)(=O)c1ccc2c(c1)CCCC2. The highest BCUT2D eigenvalue weighted by Gasteiger charge is 2.24. The number of ether oxygens (including phenoxy) is 1. The first-order chi connectivity index (χ1) is 13.6. The Morgan fingerprint density at radius 1 is 1.00 bits per heavy atom. The summed E-state index contributed by atoms with van der Waals surface area (Å²) < 4.78 is 33.3. The molecular weight excluding hydrogens is 372 g/mol. The molecule has 0 radical (unpaired) electrons. The Balaban J connectivity index is 1.57. The topological polar surface area (TPSA) is 49.9 Å². The number of sulfonamides is 1. The number of rotatable bonds is 5. The van der Waals surface area contributed by atoms with E-state index in [1.807, 2.05) is 30.3 Å². The van der Waals surface area contributed by atoms with E-state index in [1.54, 1.807) is 13.1 Å². The zero-order valence-corrected chi connectivity index (χ0v) is 17.2. The molecule has 2 aromatic carbocycles. The number of anilines is 1. The Labute approximate surface area is 168 Å². The second-order valence-electron chi connectivity index (χ2n) is 7.63. The monoisotopic (exact) mass is 400 g/mol. The summed E-state index contributed by atoms with van der Waals surface area (Å²) in [7, 11) is -1.86. The molecule has 0 saturated carbocycles. The minimum absolute atomic E-state index is 0.354. The zero-order valence-electron chi connectivity index (χ0n) is 16.4. The Morgan fingerprint density at radius 3 is 2.50 bits per heavy atom. The summed E-state index contributed by atoms with van der Waals surface area (Å²) in [5.74, 6) is 0. The number of hydrogen-bond acceptors (Lipinski definition) is 4. The average molecular weight is 401 g/mol. The van der Waals surface area contributed by atoms with Crippen LogP contribution in [0.1, 0.15) is 29.5 Å². The fourth-order valence-corrected chi connectivity index (χ4v) is 5.33. The molecule has 2 aromatic rings. The van der Waals surface area contributed by atoms with Crippen molar-refractivity contribution >= 4 is 15.7 Å². The molecule has 0 spiro atoms. The van der Waals surface area contributed by atoms with Crippen molar-refractivity contribution in [2.24, 2.45) is 0 Å². The Morgan fingerprint density at radius 2 is 1.71 bits per heavy atom. The minimum Gasteiger partial charge on any atom is -0.378 e. The lowest BCUT2D eigenvalue weighted by atomic mass is 9.92. The summed E-state index contributed by atoms with van der Waals surface area (Å²) in [6.45, 7) is 3.43. The molecule has 5 nitrogen and oxygen atoms in total. The number of aryl methyl sites for hydroxylation is 2. The fourth-order valence-electron chi connectivity index (χ4n) is 4.13. The fraction of sp³-hybridized carbons (Fsp3) is 0.455. The molecule has 4 rings (SSSR count). The third-order valence-corrected chi connectivity index (χ3v) is 7.56. The molecule has 0 unspecified atom stereocenters. The van der Waals surface area contributed by atoms with Crippen LogP contribution in [-0.2, 0) is 34.1 Å². The molecule has 28 heavy (non-hydrogen) atoms. The van der Waals surface area contributed by atoms with Crippen LogP contribution in [0.15, 0.2) is 47.4 Å². The second-order valence-corrected chi connectivity index (χ2v) is 9.67. The van der Waals surface area contributed by atoms with Crippen LogP contribution in [0.25, 0.3) is 0 Å². The van der Waals surface area contributed by atoms with Gasteiger partial charge in [-0.25, -0.2) is 8.42 Å². The van der Waals surface area contributed by atoms with Gasteiger partial charge in [-0.2, -0.15) is 4.31 Å². The van der Waals surface area contributed by atoms with Crippen molar-refractivity contribution in [2.75, 3.05) is 38.3 Å². The van der Waals surface area contributed by atoms with E-state index in [2.05, 4.69) is 11.0 Å². The third kappa shape index (κ3) is 3.95. The summed E-state index contributed by atoms with van der Waals surface area (Å²) in [6, 6.07) is 13.7. The van der Waals surface area contributed by atoms with Gasteiger partial charge >= 0.3 is 0 Å². The van der Waals surface area contributed by atoms with Crippen LogP contribution in [0, 0.1) is 0 Å². The molecule has 0 amide bonds. The zero-order chi connectivity index (χ0) is 19.6. The smallest absolute Gasteiger partial charge is 0.243 e. The maximum absolute atomic E-state index is 13.2. The highest BCUT2D eigenvalue weighted by Crippen LogP contribution is 2.28. The van der Waals surface area contributed by atoms with Crippen molar-refractivity contribution in [3.63, 3.8) is 0 Å². The van der Waals surface area contributed by atoms with Gasteiger partial charge in [-0.1, -0.05) is 24.3 Å². The van der Waals surface area contributed by atoms with E-state index >= 15 is 0 Å². The predicted molar refractivity (Wildman–Crippen MR) is 111 cm³/mol. The summed E-state index contributed by atoms with van der Waals surface area (Å²) in [5, 5.41) is 0. The minimum atomic E-state index is -3.53. The molecule has 1 aliphatic heterocycles. The van der Waals surface area contributed by atoms with Crippen molar-refractivity contribution in [1.82, 2.24) is 4.31 Å². The van der Waals surface area contributed by atoms with Gasteiger partial charge in [-0.15, -0.1) is 0 Å². The molecule has 0 aromatic heterocycles. The van der Waals surface area contributed by atoms with Crippen molar-refractivity contribution in [2.45, 2.75) is 37.1 Å². The van der Waals surface area contributed by atoms with Crippen molar-refractivity contribution < 1.29 is 13.2 Å². The largest absolute Gasteiger partial charge is 0.378 e. The maximum Gasteiger partial charge on any atom is 0.243 e. The normalized spacial score (nSPS) is 17.6. The summed E-state index contributed by atoms with van der Waals surface area (Å²) in [5.41, 5.74) is 4.60. The Hall–Kier alpha value is -1.89. The molecular formula is C22H28N2O3S. The van der Waals surface area contributed by atoms with Gasteiger partial charge in [0, 0.05) is 32.4 Å². The molecule has 1 aliphatic carbocycles. The van der Waals surface area contributed by atoms with Crippen LogP contribution in [0.5, 0.6) is 0 Å². The number of para-hydroxylation sites is 1. The lowest BCUT2D eigenvalue weighted by Gasteiger charge is -2.31. The van der Waals surface area contributed by atoms with Gasteiger partial charge in [0.2, 0.25) is 10.0 Å². The van der Waals surface area contributed by atoms with Gasteiger partial charge in [0.05, 0.1) is 18.1 Å².